The van der Waals surface area contributed by atoms with Crippen molar-refractivity contribution < 1.29 is 13.9 Å². The van der Waals surface area contributed by atoms with Crippen LogP contribution in [-0.2, 0) is 16.0 Å². The first-order chi connectivity index (χ1) is 10.4. The average molecular weight is 289 g/mol. The molecular weight excluding hydrogens is 266 g/mol. The molecule has 1 N–H and O–H groups in total. The van der Waals surface area contributed by atoms with Crippen molar-refractivity contribution in [3.05, 3.63) is 36.1 Å². The molecule has 0 radical (unpaired) electrons. The van der Waals surface area contributed by atoms with Crippen molar-refractivity contribution in [2.45, 2.75) is 31.9 Å². The van der Waals surface area contributed by atoms with Crippen molar-refractivity contribution in [3.63, 3.8) is 0 Å². The van der Waals surface area contributed by atoms with E-state index in [1.807, 2.05) is 18.2 Å². The van der Waals surface area contributed by atoms with Gasteiger partial charge in [0.25, 0.3) is 0 Å². The summed E-state index contributed by atoms with van der Waals surface area (Å²) in [5.41, 5.74) is 0.953. The lowest BCUT2D eigenvalue weighted by Gasteiger charge is -2.10. The van der Waals surface area contributed by atoms with Crippen molar-refractivity contribution >= 4 is 11.0 Å². The van der Waals surface area contributed by atoms with Crippen LogP contribution in [0, 0.1) is 0 Å². The van der Waals surface area contributed by atoms with Crippen LogP contribution in [0.5, 0.6) is 0 Å². The highest BCUT2D eigenvalue weighted by atomic mass is 16.5. The molecule has 1 saturated heterocycles. The summed E-state index contributed by atoms with van der Waals surface area (Å²) in [5.74, 6) is 0.983. The monoisotopic (exact) mass is 289 g/mol. The Hall–Kier alpha value is -1.36. The number of hydrogen-bond acceptors (Lipinski definition) is 4. The second-order valence-electron chi connectivity index (χ2n) is 5.49. The van der Waals surface area contributed by atoms with Gasteiger partial charge in [0.1, 0.15) is 11.3 Å². The molecule has 1 aliphatic rings. The number of para-hydroxylation sites is 1. The predicted octanol–water partition coefficient (Wildman–Crippen LogP) is 3.11. The van der Waals surface area contributed by atoms with Gasteiger partial charge < -0.3 is 19.2 Å². The number of furan rings is 1. The molecule has 1 unspecified atom stereocenters. The summed E-state index contributed by atoms with van der Waals surface area (Å²) in [5, 5.41) is 4.55. The molecule has 114 valence electrons. The van der Waals surface area contributed by atoms with E-state index in [0.29, 0.717) is 6.10 Å². The Morgan fingerprint density at radius 3 is 3.10 bits per heavy atom. The van der Waals surface area contributed by atoms with Gasteiger partial charge in [0, 0.05) is 18.6 Å². The smallest absolute Gasteiger partial charge is 0.134 e. The molecular formula is C17H23NO3. The molecule has 1 fully saturated rings. The van der Waals surface area contributed by atoms with E-state index in [1.165, 1.54) is 6.42 Å². The minimum absolute atomic E-state index is 0.327. The van der Waals surface area contributed by atoms with E-state index < -0.39 is 0 Å². The van der Waals surface area contributed by atoms with Crippen molar-refractivity contribution in [2.75, 3.05) is 26.4 Å². The molecule has 0 aliphatic carbocycles. The van der Waals surface area contributed by atoms with E-state index in [-0.39, 0.29) is 0 Å². The lowest BCUT2D eigenvalue weighted by atomic mass is 10.2. The van der Waals surface area contributed by atoms with E-state index in [0.717, 1.165) is 62.5 Å². The molecule has 0 spiro atoms. The maximum absolute atomic E-state index is 5.75. The molecule has 4 nitrogen and oxygen atoms in total. The zero-order valence-corrected chi connectivity index (χ0v) is 12.3. The fourth-order valence-electron chi connectivity index (χ4n) is 2.63. The number of ether oxygens (including phenoxy) is 2. The predicted molar refractivity (Wildman–Crippen MR) is 82.3 cm³/mol. The largest absolute Gasteiger partial charge is 0.460 e. The molecule has 0 bridgehead atoms. The Bertz CT molecular complexity index is 513. The minimum atomic E-state index is 0.327. The van der Waals surface area contributed by atoms with Gasteiger partial charge in [0.05, 0.1) is 19.3 Å². The quantitative estimate of drug-likeness (QED) is 0.758. The van der Waals surface area contributed by atoms with Crippen LogP contribution in [0.15, 0.2) is 34.7 Å². The summed E-state index contributed by atoms with van der Waals surface area (Å²) in [7, 11) is 0. The molecule has 1 atom stereocenters. The number of nitrogens with one attached hydrogen (secondary N) is 1. The Morgan fingerprint density at radius 1 is 1.29 bits per heavy atom. The van der Waals surface area contributed by atoms with Crippen molar-refractivity contribution in [3.8, 4) is 0 Å². The van der Waals surface area contributed by atoms with E-state index in [2.05, 4.69) is 17.4 Å². The standard InChI is InChI=1S/C17H23NO3/c1-2-7-17-14(5-1)11-16(21-17)12-18-8-4-9-19-13-15-6-3-10-20-15/h1-2,5,7,11,15,18H,3-4,6,8-10,12-13H2. The summed E-state index contributed by atoms with van der Waals surface area (Å²) in [6.45, 7) is 4.12. The first kappa shape index (κ1) is 14.6. The minimum Gasteiger partial charge on any atom is -0.460 e. The van der Waals surface area contributed by atoms with Crippen LogP contribution in [0.3, 0.4) is 0 Å². The van der Waals surface area contributed by atoms with Crippen LogP contribution in [0.25, 0.3) is 11.0 Å². The maximum Gasteiger partial charge on any atom is 0.134 e. The number of hydrogen-bond donors (Lipinski definition) is 1. The highest BCUT2D eigenvalue weighted by Crippen LogP contribution is 2.18. The molecule has 21 heavy (non-hydrogen) atoms. The van der Waals surface area contributed by atoms with Gasteiger partial charge in [-0.25, -0.2) is 0 Å². The van der Waals surface area contributed by atoms with Crippen LogP contribution in [0.4, 0.5) is 0 Å². The Balaban J connectivity index is 1.27. The third kappa shape index (κ3) is 4.30. The summed E-state index contributed by atoms with van der Waals surface area (Å²) in [6.07, 6.45) is 3.65. The Labute approximate surface area is 125 Å². The summed E-state index contributed by atoms with van der Waals surface area (Å²) >= 11 is 0. The average Bonchev–Trinajstić information content (AvgIpc) is 3.15. The molecule has 1 aliphatic heterocycles. The first-order valence-electron chi connectivity index (χ1n) is 7.79. The van der Waals surface area contributed by atoms with Gasteiger partial charge in [-0.2, -0.15) is 0 Å². The second-order valence-corrected chi connectivity index (χ2v) is 5.49. The molecule has 0 amide bonds. The van der Waals surface area contributed by atoms with Gasteiger partial charge in [-0.05, 0) is 37.9 Å². The van der Waals surface area contributed by atoms with Crippen LogP contribution in [0.2, 0.25) is 0 Å². The molecule has 1 aromatic heterocycles. The Kier molecular flexibility index (Phi) is 5.27. The SMILES string of the molecule is c1ccc2oc(CNCCCOCC3CCCO3)cc2c1. The molecule has 1 aromatic carbocycles. The number of rotatable bonds is 8. The molecule has 2 heterocycles. The third-order valence-electron chi connectivity index (χ3n) is 3.75. The van der Waals surface area contributed by atoms with Gasteiger partial charge in [0.15, 0.2) is 0 Å². The van der Waals surface area contributed by atoms with Crippen molar-refractivity contribution in [2.24, 2.45) is 0 Å². The maximum atomic E-state index is 5.75. The molecule has 0 saturated carbocycles. The van der Waals surface area contributed by atoms with Crippen LogP contribution in [-0.4, -0.2) is 32.5 Å². The van der Waals surface area contributed by atoms with Gasteiger partial charge in [-0.1, -0.05) is 18.2 Å². The lowest BCUT2D eigenvalue weighted by molar-refractivity contribution is 0.0166. The lowest BCUT2D eigenvalue weighted by Crippen LogP contribution is -2.18. The van der Waals surface area contributed by atoms with Gasteiger partial charge in [-0.15, -0.1) is 0 Å². The van der Waals surface area contributed by atoms with Gasteiger partial charge >= 0.3 is 0 Å². The first-order valence-corrected chi connectivity index (χ1v) is 7.79. The van der Waals surface area contributed by atoms with Gasteiger partial charge in [0.2, 0.25) is 0 Å². The topological polar surface area (TPSA) is 43.6 Å². The normalized spacial score (nSPS) is 18.6. The third-order valence-corrected chi connectivity index (χ3v) is 3.75. The molecule has 2 aromatic rings. The Morgan fingerprint density at radius 2 is 2.24 bits per heavy atom. The zero-order valence-electron chi connectivity index (χ0n) is 12.3. The highest BCUT2D eigenvalue weighted by molar-refractivity contribution is 5.77. The zero-order chi connectivity index (χ0) is 14.3. The van der Waals surface area contributed by atoms with Crippen molar-refractivity contribution in [1.82, 2.24) is 5.32 Å². The van der Waals surface area contributed by atoms with Crippen LogP contribution >= 0.6 is 0 Å². The fourth-order valence-corrected chi connectivity index (χ4v) is 2.63. The summed E-state index contributed by atoms with van der Waals surface area (Å²) < 4.78 is 16.9. The van der Waals surface area contributed by atoms with Crippen LogP contribution in [0.1, 0.15) is 25.0 Å². The number of benzene rings is 1. The van der Waals surface area contributed by atoms with E-state index >= 15 is 0 Å². The summed E-state index contributed by atoms with van der Waals surface area (Å²) in [4.78, 5) is 0. The number of fused-ring (bicyclic) bond motifs is 1. The van der Waals surface area contributed by atoms with Crippen molar-refractivity contribution in [1.29, 1.82) is 0 Å². The van der Waals surface area contributed by atoms with Crippen LogP contribution < -0.4 is 5.32 Å². The summed E-state index contributed by atoms with van der Waals surface area (Å²) in [6, 6.07) is 10.2. The van der Waals surface area contributed by atoms with Gasteiger partial charge in [-0.3, -0.25) is 0 Å². The second kappa shape index (κ2) is 7.59. The molecule has 3 rings (SSSR count). The highest BCUT2D eigenvalue weighted by Gasteiger charge is 2.14. The van der Waals surface area contributed by atoms with E-state index in [1.54, 1.807) is 0 Å². The van der Waals surface area contributed by atoms with E-state index in [4.69, 9.17) is 13.9 Å². The van der Waals surface area contributed by atoms with E-state index in [9.17, 15) is 0 Å². The molecule has 4 heteroatoms. The fraction of sp³-hybridized carbons (Fsp3) is 0.529.